The van der Waals surface area contributed by atoms with Gasteiger partial charge in [-0.25, -0.2) is 0 Å². The second kappa shape index (κ2) is 25.0. The first-order chi connectivity index (χ1) is 14.9. The normalized spacial score (nSPS) is 11.1. The molecule has 0 heterocycles. The molecule has 0 saturated carbocycles. The summed E-state index contributed by atoms with van der Waals surface area (Å²) in [6, 6.07) is 0. The zero-order valence-corrected chi connectivity index (χ0v) is 23.9. The molecule has 0 saturated heterocycles. The van der Waals surface area contributed by atoms with Gasteiger partial charge in [-0.3, -0.25) is 0 Å². The molecule has 0 fully saturated rings. The van der Waals surface area contributed by atoms with Crippen molar-refractivity contribution in [2.75, 3.05) is 0 Å². The Kier molecular flexibility index (Phi) is 29.5. The first-order valence-corrected chi connectivity index (χ1v) is 11.1. The molecule has 10 heteroatoms. The third-order valence-corrected chi connectivity index (χ3v) is 4.56. The fourth-order valence-corrected chi connectivity index (χ4v) is 2.84. The Bertz CT molecular complexity index is 599. The number of unbranched alkanes of at least 4 members (excludes halogenated alkanes) is 4. The molecule has 0 aromatic rings. The molecule has 0 amide bonds. The topological polar surface area (TPSA) is 161 Å². The maximum Gasteiger partial charge on any atom is 2.00 e. The van der Waals surface area contributed by atoms with Crippen LogP contribution in [-0.4, -0.2) is 70.0 Å². The Morgan fingerprint density at radius 2 is 0.853 bits per heavy atom. The minimum Gasteiger partial charge on any atom is -0.545 e. The van der Waals surface area contributed by atoms with Crippen LogP contribution in [0.3, 0.4) is 0 Å². The number of carbonyl (C=O) groups is 4. The van der Waals surface area contributed by atoms with E-state index in [1.165, 1.54) is 0 Å². The predicted molar refractivity (Wildman–Crippen MR) is 124 cm³/mol. The quantitative estimate of drug-likeness (QED) is 0.152. The van der Waals surface area contributed by atoms with Gasteiger partial charge in [-0.15, -0.1) is 0 Å². The number of hydrogen-bond donors (Lipinski definition) is 0. The third-order valence-electron chi connectivity index (χ3n) is 4.56. The summed E-state index contributed by atoms with van der Waals surface area (Å²) >= 11 is 0. The Hall–Kier alpha value is -1.11. The standard InChI is InChI=1S/2C12H20O4.2Mg/c2*1-9(2)6-4-3-5-7-10(12(15)16)8-11(13)14;;/h2*8-9H,3-7H2,1-2H3,(H,13,14)(H,15,16);;/q;;2*+2/p-4/b2*10-8-;;. The van der Waals surface area contributed by atoms with Crippen LogP contribution in [0.4, 0.5) is 0 Å². The van der Waals surface area contributed by atoms with E-state index in [0.29, 0.717) is 36.8 Å². The van der Waals surface area contributed by atoms with Crippen LogP contribution < -0.4 is 20.4 Å². The average molecular weight is 501 g/mol. The van der Waals surface area contributed by atoms with E-state index in [-0.39, 0.29) is 70.1 Å². The summed E-state index contributed by atoms with van der Waals surface area (Å²) in [5.41, 5.74) is -0.380. The van der Waals surface area contributed by atoms with Crippen LogP contribution in [0.15, 0.2) is 23.3 Å². The van der Waals surface area contributed by atoms with Crippen LogP contribution in [0, 0.1) is 11.8 Å². The fraction of sp³-hybridized carbons (Fsp3) is 0.667. The van der Waals surface area contributed by atoms with Crippen molar-refractivity contribution >= 4 is 70.0 Å². The minimum atomic E-state index is -1.48. The second-order valence-electron chi connectivity index (χ2n) is 8.54. The van der Waals surface area contributed by atoms with Crippen molar-refractivity contribution in [2.45, 2.75) is 91.9 Å². The van der Waals surface area contributed by atoms with Gasteiger partial charge >= 0.3 is 46.1 Å². The van der Waals surface area contributed by atoms with Crippen molar-refractivity contribution in [1.82, 2.24) is 0 Å². The van der Waals surface area contributed by atoms with Gasteiger partial charge in [0.15, 0.2) is 0 Å². The maximum atomic E-state index is 10.5. The van der Waals surface area contributed by atoms with Crippen molar-refractivity contribution in [1.29, 1.82) is 0 Å². The molecular formula is C24H36Mg2O8. The van der Waals surface area contributed by atoms with E-state index in [9.17, 15) is 39.6 Å². The van der Waals surface area contributed by atoms with Gasteiger partial charge in [-0.05, 0) is 60.8 Å². The molecule has 0 aromatic carbocycles. The van der Waals surface area contributed by atoms with Gasteiger partial charge in [0.2, 0.25) is 0 Å². The summed E-state index contributed by atoms with van der Waals surface area (Å²) < 4.78 is 0. The summed E-state index contributed by atoms with van der Waals surface area (Å²) in [5, 5.41) is 41.5. The van der Waals surface area contributed by atoms with E-state index >= 15 is 0 Å². The number of carboxylic acids is 4. The molecule has 34 heavy (non-hydrogen) atoms. The van der Waals surface area contributed by atoms with Gasteiger partial charge in [-0.1, -0.05) is 66.2 Å². The third kappa shape index (κ3) is 28.9. The number of carboxylic acid groups (broad SMARTS) is 4. The van der Waals surface area contributed by atoms with Crippen LogP contribution in [-0.2, 0) is 19.2 Å². The molecule has 0 spiro atoms. The summed E-state index contributed by atoms with van der Waals surface area (Å²) in [6.45, 7) is 8.51. The smallest absolute Gasteiger partial charge is 0.545 e. The Morgan fingerprint density at radius 3 is 1.06 bits per heavy atom. The van der Waals surface area contributed by atoms with Crippen LogP contribution in [0.25, 0.3) is 0 Å². The molecule has 0 aliphatic heterocycles. The van der Waals surface area contributed by atoms with Crippen LogP contribution in [0.2, 0.25) is 0 Å². The predicted octanol–water partition coefficient (Wildman–Crippen LogP) is -0.723. The van der Waals surface area contributed by atoms with Gasteiger partial charge in [0, 0.05) is 0 Å². The molecule has 0 aromatic heterocycles. The largest absolute Gasteiger partial charge is 2.00 e. The van der Waals surface area contributed by atoms with Gasteiger partial charge in [-0.2, -0.15) is 0 Å². The molecular weight excluding hydrogens is 465 g/mol. The molecule has 0 rings (SSSR count). The van der Waals surface area contributed by atoms with Crippen LogP contribution in [0.1, 0.15) is 91.9 Å². The molecule has 0 unspecified atom stereocenters. The Balaban J connectivity index is -0.000000250. The van der Waals surface area contributed by atoms with E-state index in [4.69, 9.17) is 0 Å². The Morgan fingerprint density at radius 1 is 0.559 bits per heavy atom. The summed E-state index contributed by atoms with van der Waals surface area (Å²) in [7, 11) is 0. The number of carbonyl (C=O) groups excluding carboxylic acids is 4. The number of hydrogen-bond acceptors (Lipinski definition) is 8. The van der Waals surface area contributed by atoms with E-state index in [0.717, 1.165) is 38.5 Å². The molecule has 0 radical (unpaired) electrons. The van der Waals surface area contributed by atoms with Crippen LogP contribution >= 0.6 is 0 Å². The van der Waals surface area contributed by atoms with E-state index in [1.807, 2.05) is 0 Å². The molecule has 8 nitrogen and oxygen atoms in total. The summed E-state index contributed by atoms with van der Waals surface area (Å²) in [6.07, 6.45) is 9.08. The van der Waals surface area contributed by atoms with Crippen molar-refractivity contribution in [3.8, 4) is 0 Å². The number of rotatable bonds is 16. The average Bonchev–Trinajstić information content (AvgIpc) is 2.64. The first-order valence-electron chi connectivity index (χ1n) is 11.1. The van der Waals surface area contributed by atoms with Gasteiger partial charge in [0.1, 0.15) is 0 Å². The van der Waals surface area contributed by atoms with Crippen molar-refractivity contribution in [3.63, 3.8) is 0 Å². The molecule has 0 atom stereocenters. The summed E-state index contributed by atoms with van der Waals surface area (Å²) in [5.74, 6) is -4.54. The van der Waals surface area contributed by atoms with Crippen molar-refractivity contribution in [3.05, 3.63) is 23.3 Å². The minimum absolute atomic E-state index is 0. The molecule has 0 aliphatic carbocycles. The Labute approximate surface area is 235 Å². The first kappa shape index (κ1) is 40.1. The van der Waals surface area contributed by atoms with Gasteiger partial charge < -0.3 is 39.6 Å². The zero-order valence-electron chi connectivity index (χ0n) is 21.1. The summed E-state index contributed by atoms with van der Waals surface area (Å²) in [4.78, 5) is 41.5. The zero-order chi connectivity index (χ0) is 25.1. The molecule has 0 aliphatic rings. The molecule has 0 N–H and O–H groups in total. The van der Waals surface area contributed by atoms with E-state index in [2.05, 4.69) is 27.7 Å². The van der Waals surface area contributed by atoms with Crippen LogP contribution in [0.5, 0.6) is 0 Å². The van der Waals surface area contributed by atoms with E-state index in [1.54, 1.807) is 0 Å². The van der Waals surface area contributed by atoms with Gasteiger partial charge in [0.25, 0.3) is 0 Å². The van der Waals surface area contributed by atoms with Crippen molar-refractivity contribution in [2.24, 2.45) is 11.8 Å². The maximum absolute atomic E-state index is 10.5. The van der Waals surface area contributed by atoms with Gasteiger partial charge in [0.05, 0.1) is 23.9 Å². The van der Waals surface area contributed by atoms with E-state index < -0.39 is 23.9 Å². The molecule has 0 bridgehead atoms. The number of aliphatic carboxylic acids is 4. The van der Waals surface area contributed by atoms with Crippen molar-refractivity contribution < 1.29 is 39.6 Å². The molecule has 184 valence electrons. The monoisotopic (exact) mass is 500 g/mol. The second-order valence-corrected chi connectivity index (χ2v) is 8.54. The fourth-order valence-electron chi connectivity index (χ4n) is 2.84. The SMILES string of the molecule is CC(C)CCCCC/C(=C/C(=O)[O-])C(=O)[O-].CC(C)CCCCC/C(=C/C(=O)[O-])C(=O)[O-].[Mg+2].[Mg+2].